The van der Waals surface area contributed by atoms with Crippen molar-refractivity contribution in [1.29, 1.82) is 0 Å². The first-order valence-corrected chi connectivity index (χ1v) is 7.52. The number of anilines is 1. The number of alkyl halides is 1. The molecular formula is C15H10Cl2FN5O. The van der Waals surface area contributed by atoms with Crippen molar-refractivity contribution < 1.29 is 9.18 Å². The van der Waals surface area contributed by atoms with Gasteiger partial charge in [-0.15, -0.1) is 5.10 Å². The highest BCUT2D eigenvalue weighted by molar-refractivity contribution is 6.34. The van der Waals surface area contributed by atoms with E-state index < -0.39 is 12.6 Å². The van der Waals surface area contributed by atoms with E-state index in [2.05, 4.69) is 20.4 Å². The average molecular weight is 366 g/mol. The number of amides is 1. The van der Waals surface area contributed by atoms with E-state index in [-0.39, 0.29) is 16.8 Å². The van der Waals surface area contributed by atoms with E-state index in [1.54, 1.807) is 24.3 Å². The number of halogens is 3. The maximum absolute atomic E-state index is 12.6. The van der Waals surface area contributed by atoms with E-state index >= 15 is 0 Å². The van der Waals surface area contributed by atoms with Crippen molar-refractivity contribution >= 4 is 35.1 Å². The number of benzene rings is 1. The molecule has 6 nitrogen and oxygen atoms in total. The van der Waals surface area contributed by atoms with E-state index in [1.807, 2.05) is 0 Å². The predicted molar refractivity (Wildman–Crippen MR) is 88.4 cm³/mol. The molecule has 1 amide bonds. The minimum atomic E-state index is -0.663. The number of nitrogens with one attached hydrogen (secondary N) is 1. The number of nitrogens with zero attached hydrogens (tertiary/aromatic N) is 4. The minimum absolute atomic E-state index is 0.0624. The third kappa shape index (κ3) is 3.37. The maximum Gasteiger partial charge on any atom is 0.259 e. The smallest absolute Gasteiger partial charge is 0.259 e. The van der Waals surface area contributed by atoms with Crippen LogP contribution in [0.4, 0.5) is 10.3 Å². The number of carbonyl (C=O) groups excluding carboxylic acids is 1. The third-order valence-electron chi connectivity index (χ3n) is 3.09. The molecule has 9 heteroatoms. The van der Waals surface area contributed by atoms with E-state index in [9.17, 15) is 9.18 Å². The number of carbonyl (C=O) groups is 1. The van der Waals surface area contributed by atoms with Gasteiger partial charge in [0.05, 0.1) is 15.6 Å². The third-order valence-corrected chi connectivity index (χ3v) is 3.69. The molecule has 0 aliphatic rings. The second-order valence-corrected chi connectivity index (χ2v) is 5.54. The molecule has 3 rings (SSSR count). The van der Waals surface area contributed by atoms with Crippen molar-refractivity contribution in [3.05, 3.63) is 64.0 Å². The second-order valence-electron chi connectivity index (χ2n) is 4.73. The molecule has 0 aliphatic carbocycles. The van der Waals surface area contributed by atoms with E-state index in [0.717, 1.165) is 0 Å². The molecule has 122 valence electrons. The zero-order valence-electron chi connectivity index (χ0n) is 12.1. The molecule has 0 aliphatic heterocycles. The number of rotatable bonds is 4. The van der Waals surface area contributed by atoms with Crippen molar-refractivity contribution in [2.45, 2.75) is 6.67 Å². The van der Waals surface area contributed by atoms with Gasteiger partial charge in [-0.2, -0.15) is 9.67 Å². The molecule has 2 aromatic heterocycles. The van der Waals surface area contributed by atoms with Crippen LogP contribution in [0.15, 0.2) is 42.9 Å². The Hall–Kier alpha value is -2.51. The van der Waals surface area contributed by atoms with Gasteiger partial charge in [0.25, 0.3) is 5.91 Å². The summed E-state index contributed by atoms with van der Waals surface area (Å²) in [5, 5.41) is 7.16. The van der Waals surface area contributed by atoms with Crippen LogP contribution in [-0.4, -0.2) is 25.7 Å². The summed E-state index contributed by atoms with van der Waals surface area (Å²) in [4.78, 5) is 20.2. The SMILES string of the molecule is O=C(Nc1ncn(-c2ncc(CF)cc2Cl)n1)c1ccccc1Cl. The summed E-state index contributed by atoms with van der Waals surface area (Å²) < 4.78 is 13.9. The Bertz CT molecular complexity index is 899. The van der Waals surface area contributed by atoms with Crippen molar-refractivity contribution in [3.8, 4) is 5.82 Å². The van der Waals surface area contributed by atoms with E-state index in [1.165, 1.54) is 23.3 Å². The maximum atomic E-state index is 12.6. The molecule has 0 saturated carbocycles. The van der Waals surface area contributed by atoms with Crippen LogP contribution in [0.1, 0.15) is 15.9 Å². The lowest BCUT2D eigenvalue weighted by molar-refractivity contribution is 0.102. The highest BCUT2D eigenvalue weighted by Crippen LogP contribution is 2.20. The molecule has 0 spiro atoms. The number of aromatic nitrogens is 4. The molecule has 1 aromatic carbocycles. The topological polar surface area (TPSA) is 72.7 Å². The molecule has 0 saturated heterocycles. The van der Waals surface area contributed by atoms with Gasteiger partial charge in [-0.25, -0.2) is 9.37 Å². The summed E-state index contributed by atoms with van der Waals surface area (Å²) in [5.41, 5.74) is 0.662. The van der Waals surface area contributed by atoms with Crippen molar-refractivity contribution in [1.82, 2.24) is 19.7 Å². The quantitative estimate of drug-likeness (QED) is 0.764. The van der Waals surface area contributed by atoms with E-state index in [0.29, 0.717) is 16.1 Å². The van der Waals surface area contributed by atoms with Gasteiger partial charge in [0, 0.05) is 11.8 Å². The fourth-order valence-corrected chi connectivity index (χ4v) is 2.45. The van der Waals surface area contributed by atoms with Gasteiger partial charge in [0.15, 0.2) is 5.82 Å². The molecule has 0 fully saturated rings. The van der Waals surface area contributed by atoms with Crippen molar-refractivity contribution in [2.75, 3.05) is 5.32 Å². The summed E-state index contributed by atoms with van der Waals surface area (Å²) in [7, 11) is 0. The normalized spacial score (nSPS) is 10.6. The Morgan fingerprint density at radius 2 is 2.00 bits per heavy atom. The van der Waals surface area contributed by atoms with Gasteiger partial charge in [0.1, 0.15) is 13.0 Å². The van der Waals surface area contributed by atoms with Gasteiger partial charge in [-0.3, -0.25) is 10.1 Å². The predicted octanol–water partition coefficient (Wildman–Crippen LogP) is 3.69. The number of hydrogen-bond acceptors (Lipinski definition) is 4. The van der Waals surface area contributed by atoms with Crippen molar-refractivity contribution in [2.24, 2.45) is 0 Å². The molecule has 1 N–H and O–H groups in total. The summed E-state index contributed by atoms with van der Waals surface area (Å²) in [6.07, 6.45) is 2.69. The van der Waals surface area contributed by atoms with Gasteiger partial charge < -0.3 is 0 Å². The standard InChI is InChI=1S/C15H10Cl2FN5O/c16-11-4-2-1-3-10(11)14(24)21-15-20-8-23(22-15)13-12(17)5-9(6-18)7-19-13/h1-5,7-8H,6H2,(H,21,22,24). The molecule has 0 atom stereocenters. The van der Waals surface area contributed by atoms with Gasteiger partial charge >= 0.3 is 0 Å². The Labute approximate surface area is 146 Å². The molecule has 0 radical (unpaired) electrons. The highest BCUT2D eigenvalue weighted by atomic mass is 35.5. The Morgan fingerprint density at radius 1 is 1.21 bits per heavy atom. The lowest BCUT2D eigenvalue weighted by atomic mass is 10.2. The molecule has 0 unspecified atom stereocenters. The van der Waals surface area contributed by atoms with Crippen LogP contribution in [0.5, 0.6) is 0 Å². The zero-order valence-corrected chi connectivity index (χ0v) is 13.6. The van der Waals surface area contributed by atoms with Crippen LogP contribution in [-0.2, 0) is 6.67 Å². The Morgan fingerprint density at radius 3 is 2.71 bits per heavy atom. The van der Waals surface area contributed by atoms with Gasteiger partial charge in [-0.05, 0) is 18.2 Å². The van der Waals surface area contributed by atoms with Crippen LogP contribution in [0.25, 0.3) is 5.82 Å². The molecule has 3 aromatic rings. The fourth-order valence-electron chi connectivity index (χ4n) is 1.95. The Kier molecular flexibility index (Phi) is 4.73. The monoisotopic (exact) mass is 365 g/mol. The molecular weight excluding hydrogens is 356 g/mol. The first-order valence-electron chi connectivity index (χ1n) is 6.77. The molecule has 24 heavy (non-hydrogen) atoms. The van der Waals surface area contributed by atoms with E-state index in [4.69, 9.17) is 23.2 Å². The summed E-state index contributed by atoms with van der Waals surface area (Å²) >= 11 is 12.0. The van der Waals surface area contributed by atoms with Crippen LogP contribution < -0.4 is 5.32 Å². The minimum Gasteiger partial charge on any atom is -0.289 e. The first kappa shape index (κ1) is 16.4. The largest absolute Gasteiger partial charge is 0.289 e. The molecule has 0 bridgehead atoms. The highest BCUT2D eigenvalue weighted by Gasteiger charge is 2.14. The lowest BCUT2D eigenvalue weighted by Gasteiger charge is -2.04. The molecule has 2 heterocycles. The summed E-state index contributed by atoms with van der Waals surface area (Å²) in [5.74, 6) is -0.0999. The van der Waals surface area contributed by atoms with Gasteiger partial charge in [0.2, 0.25) is 5.95 Å². The summed E-state index contributed by atoms with van der Waals surface area (Å²) in [6, 6.07) is 8.07. The first-order chi connectivity index (χ1) is 11.6. The van der Waals surface area contributed by atoms with Crippen LogP contribution in [0.3, 0.4) is 0 Å². The van der Waals surface area contributed by atoms with Crippen molar-refractivity contribution in [3.63, 3.8) is 0 Å². The number of pyridine rings is 1. The van der Waals surface area contributed by atoms with Crippen LogP contribution in [0, 0.1) is 0 Å². The average Bonchev–Trinajstić information content (AvgIpc) is 3.03. The van der Waals surface area contributed by atoms with Crippen LogP contribution >= 0.6 is 23.2 Å². The summed E-state index contributed by atoms with van der Waals surface area (Å²) in [6.45, 7) is -0.663. The lowest BCUT2D eigenvalue weighted by Crippen LogP contribution is -2.13. The zero-order chi connectivity index (χ0) is 17.1. The number of hydrogen-bond donors (Lipinski definition) is 1. The van der Waals surface area contributed by atoms with Crippen LogP contribution in [0.2, 0.25) is 10.0 Å². The fraction of sp³-hybridized carbons (Fsp3) is 0.0667. The Balaban J connectivity index is 1.81. The van der Waals surface area contributed by atoms with Gasteiger partial charge in [-0.1, -0.05) is 35.3 Å². The second kappa shape index (κ2) is 6.94.